The molecule has 1 aromatic rings. The Labute approximate surface area is 121 Å². The molecule has 0 spiro atoms. The highest BCUT2D eigenvalue weighted by molar-refractivity contribution is 5.77. The fraction of sp³-hybridized carbons (Fsp3) is 0.562. The molecule has 0 aliphatic heterocycles. The van der Waals surface area contributed by atoms with Gasteiger partial charge in [0, 0.05) is 12.6 Å². The van der Waals surface area contributed by atoms with Gasteiger partial charge in [-0.15, -0.1) is 0 Å². The Kier molecular flexibility index (Phi) is 7.09. The summed E-state index contributed by atoms with van der Waals surface area (Å²) in [5, 5.41) is 2.92. The minimum Gasteiger partial charge on any atom is -0.483 e. The number of nitrogens with two attached hydrogens (primary N) is 1. The molecule has 0 aromatic heterocycles. The standard InChI is InChI=1S/C16H26N2O2/c1-4-13-7-5-6-8-15(13)20-11-16(19)18-14(10-17)9-12(2)3/h5-8,12,14H,4,9-11,17H2,1-3H3,(H,18,19). The molecule has 0 saturated heterocycles. The minimum absolute atomic E-state index is 0.0209. The monoisotopic (exact) mass is 278 g/mol. The van der Waals surface area contributed by atoms with E-state index in [-0.39, 0.29) is 18.6 Å². The molecule has 1 rings (SSSR count). The van der Waals surface area contributed by atoms with Crippen molar-refractivity contribution < 1.29 is 9.53 Å². The molecule has 3 N–H and O–H groups in total. The van der Waals surface area contributed by atoms with Crippen LogP contribution in [0, 0.1) is 5.92 Å². The van der Waals surface area contributed by atoms with Crippen molar-refractivity contribution in [1.82, 2.24) is 5.32 Å². The highest BCUT2D eigenvalue weighted by atomic mass is 16.5. The second-order valence-electron chi connectivity index (χ2n) is 5.38. The smallest absolute Gasteiger partial charge is 0.258 e. The molecule has 0 fully saturated rings. The van der Waals surface area contributed by atoms with Gasteiger partial charge >= 0.3 is 0 Å². The fourth-order valence-corrected chi connectivity index (χ4v) is 2.13. The van der Waals surface area contributed by atoms with Crippen LogP contribution in [0.2, 0.25) is 0 Å². The van der Waals surface area contributed by atoms with Gasteiger partial charge in [-0.05, 0) is 30.4 Å². The summed E-state index contributed by atoms with van der Waals surface area (Å²) < 4.78 is 5.59. The fourth-order valence-electron chi connectivity index (χ4n) is 2.13. The lowest BCUT2D eigenvalue weighted by molar-refractivity contribution is -0.123. The van der Waals surface area contributed by atoms with Crippen molar-refractivity contribution >= 4 is 5.91 Å². The molecule has 20 heavy (non-hydrogen) atoms. The topological polar surface area (TPSA) is 64.3 Å². The molecule has 1 aromatic carbocycles. The van der Waals surface area contributed by atoms with Gasteiger partial charge in [0.05, 0.1) is 0 Å². The van der Waals surface area contributed by atoms with E-state index >= 15 is 0 Å². The molecule has 0 aliphatic rings. The van der Waals surface area contributed by atoms with E-state index < -0.39 is 0 Å². The van der Waals surface area contributed by atoms with Gasteiger partial charge in [0.25, 0.3) is 5.91 Å². The van der Waals surface area contributed by atoms with Gasteiger partial charge in [-0.25, -0.2) is 0 Å². The number of carbonyl (C=O) groups is 1. The van der Waals surface area contributed by atoms with Gasteiger partial charge < -0.3 is 15.8 Å². The molecule has 0 saturated carbocycles. The maximum Gasteiger partial charge on any atom is 0.258 e. The van der Waals surface area contributed by atoms with Crippen LogP contribution in [0.4, 0.5) is 0 Å². The van der Waals surface area contributed by atoms with E-state index in [0.717, 1.165) is 24.2 Å². The predicted molar refractivity (Wildman–Crippen MR) is 81.8 cm³/mol. The predicted octanol–water partition coefficient (Wildman–Crippen LogP) is 2.12. The Bertz CT molecular complexity index is 419. The zero-order chi connectivity index (χ0) is 15.0. The van der Waals surface area contributed by atoms with Crippen LogP contribution >= 0.6 is 0 Å². The first-order chi connectivity index (χ1) is 9.56. The van der Waals surface area contributed by atoms with Crippen molar-refractivity contribution in [1.29, 1.82) is 0 Å². The highest BCUT2D eigenvalue weighted by Gasteiger charge is 2.13. The molecule has 0 bridgehead atoms. The zero-order valence-corrected chi connectivity index (χ0v) is 12.7. The van der Waals surface area contributed by atoms with Gasteiger partial charge in [0.15, 0.2) is 6.61 Å². The van der Waals surface area contributed by atoms with Gasteiger partial charge in [-0.3, -0.25) is 4.79 Å². The van der Waals surface area contributed by atoms with E-state index in [1.54, 1.807) is 0 Å². The summed E-state index contributed by atoms with van der Waals surface area (Å²) in [5.41, 5.74) is 6.78. The molecule has 1 amide bonds. The summed E-state index contributed by atoms with van der Waals surface area (Å²) in [5.74, 6) is 1.16. The lowest BCUT2D eigenvalue weighted by atomic mass is 10.0. The maximum atomic E-state index is 11.9. The van der Waals surface area contributed by atoms with Crippen molar-refractivity contribution in [2.75, 3.05) is 13.2 Å². The average Bonchev–Trinajstić information content (AvgIpc) is 2.44. The molecule has 1 unspecified atom stereocenters. The van der Waals surface area contributed by atoms with Crippen LogP contribution < -0.4 is 15.8 Å². The van der Waals surface area contributed by atoms with Crippen LogP contribution in [-0.4, -0.2) is 25.1 Å². The maximum absolute atomic E-state index is 11.9. The SMILES string of the molecule is CCc1ccccc1OCC(=O)NC(CN)CC(C)C. The number of nitrogens with one attached hydrogen (secondary N) is 1. The molecule has 0 aliphatic carbocycles. The van der Waals surface area contributed by atoms with Crippen LogP contribution in [0.15, 0.2) is 24.3 Å². The highest BCUT2D eigenvalue weighted by Crippen LogP contribution is 2.17. The van der Waals surface area contributed by atoms with Crippen molar-refractivity contribution in [2.24, 2.45) is 11.7 Å². The third-order valence-electron chi connectivity index (χ3n) is 3.12. The van der Waals surface area contributed by atoms with E-state index in [0.29, 0.717) is 12.5 Å². The van der Waals surface area contributed by atoms with Crippen LogP contribution in [0.3, 0.4) is 0 Å². The van der Waals surface area contributed by atoms with E-state index in [4.69, 9.17) is 10.5 Å². The molecule has 1 atom stereocenters. The molecule has 4 heteroatoms. The Hall–Kier alpha value is -1.55. The Balaban J connectivity index is 2.46. The molecular formula is C16H26N2O2. The molecule has 0 heterocycles. The average molecular weight is 278 g/mol. The Morgan fingerprint density at radius 1 is 1.35 bits per heavy atom. The summed E-state index contributed by atoms with van der Waals surface area (Å²) in [7, 11) is 0. The minimum atomic E-state index is -0.119. The Morgan fingerprint density at radius 3 is 2.65 bits per heavy atom. The number of aryl methyl sites for hydroxylation is 1. The van der Waals surface area contributed by atoms with Crippen molar-refractivity contribution in [2.45, 2.75) is 39.7 Å². The number of para-hydroxylation sites is 1. The summed E-state index contributed by atoms with van der Waals surface area (Å²) >= 11 is 0. The molecule has 112 valence electrons. The van der Waals surface area contributed by atoms with Crippen LogP contribution in [0.1, 0.15) is 32.8 Å². The van der Waals surface area contributed by atoms with E-state index in [1.165, 1.54) is 0 Å². The zero-order valence-electron chi connectivity index (χ0n) is 12.7. The summed E-state index contributed by atoms with van der Waals surface area (Å²) in [6.07, 6.45) is 1.77. The van der Waals surface area contributed by atoms with Crippen molar-refractivity contribution in [3.63, 3.8) is 0 Å². The third-order valence-corrected chi connectivity index (χ3v) is 3.12. The normalized spacial score (nSPS) is 12.2. The van der Waals surface area contributed by atoms with E-state index in [2.05, 4.69) is 26.1 Å². The van der Waals surface area contributed by atoms with Crippen LogP contribution in [-0.2, 0) is 11.2 Å². The quantitative estimate of drug-likeness (QED) is 0.765. The number of benzene rings is 1. The third kappa shape index (κ3) is 5.61. The number of hydrogen-bond acceptors (Lipinski definition) is 3. The number of carbonyl (C=O) groups excluding carboxylic acids is 1. The second-order valence-corrected chi connectivity index (χ2v) is 5.38. The first kappa shape index (κ1) is 16.5. The molecule has 4 nitrogen and oxygen atoms in total. The largest absolute Gasteiger partial charge is 0.483 e. The number of ether oxygens (including phenoxy) is 1. The van der Waals surface area contributed by atoms with E-state index in [9.17, 15) is 4.79 Å². The van der Waals surface area contributed by atoms with Gasteiger partial charge in [0.2, 0.25) is 0 Å². The summed E-state index contributed by atoms with van der Waals surface area (Å²) in [6, 6.07) is 7.80. The van der Waals surface area contributed by atoms with Crippen molar-refractivity contribution in [3.05, 3.63) is 29.8 Å². The first-order valence-corrected chi connectivity index (χ1v) is 7.26. The number of hydrogen-bond donors (Lipinski definition) is 2. The molecule has 0 radical (unpaired) electrons. The second kappa shape index (κ2) is 8.59. The number of amides is 1. The lowest BCUT2D eigenvalue weighted by Gasteiger charge is -2.19. The Morgan fingerprint density at radius 2 is 2.05 bits per heavy atom. The van der Waals surface area contributed by atoms with Gasteiger partial charge in [0.1, 0.15) is 5.75 Å². The van der Waals surface area contributed by atoms with Crippen LogP contribution in [0.5, 0.6) is 5.75 Å². The summed E-state index contributed by atoms with van der Waals surface area (Å²) in [6.45, 7) is 6.78. The summed E-state index contributed by atoms with van der Waals surface area (Å²) in [4.78, 5) is 11.9. The lowest BCUT2D eigenvalue weighted by Crippen LogP contribution is -2.43. The number of rotatable bonds is 8. The first-order valence-electron chi connectivity index (χ1n) is 7.26. The van der Waals surface area contributed by atoms with E-state index in [1.807, 2.05) is 24.3 Å². The molecular weight excluding hydrogens is 252 g/mol. The van der Waals surface area contributed by atoms with Crippen molar-refractivity contribution in [3.8, 4) is 5.75 Å². The van der Waals surface area contributed by atoms with Gasteiger partial charge in [-0.2, -0.15) is 0 Å². The van der Waals surface area contributed by atoms with Gasteiger partial charge in [-0.1, -0.05) is 39.0 Å². The van der Waals surface area contributed by atoms with Crippen LogP contribution in [0.25, 0.3) is 0 Å².